The lowest BCUT2D eigenvalue weighted by Gasteiger charge is -2.30. The van der Waals surface area contributed by atoms with Crippen molar-refractivity contribution in [3.8, 4) is 0 Å². The van der Waals surface area contributed by atoms with Crippen LogP contribution in [-0.4, -0.2) is 18.2 Å². The van der Waals surface area contributed by atoms with Gasteiger partial charge in [-0.15, -0.1) is 11.8 Å². The summed E-state index contributed by atoms with van der Waals surface area (Å²) in [6.45, 7) is 0.792. The fourth-order valence-corrected chi connectivity index (χ4v) is 4.61. The van der Waals surface area contributed by atoms with Crippen LogP contribution in [0.1, 0.15) is 29.5 Å². The second-order valence-corrected chi connectivity index (χ2v) is 7.62. The Labute approximate surface area is 147 Å². The number of nitrogen functional groups attached to an aromatic ring is 1. The smallest absolute Gasteiger partial charge is 0.237 e. The SMILES string of the molecule is Nc1cccc2c1CCCN2C(=O)CSc1ccc2c(c1)CCC2. The molecule has 0 spiro atoms. The molecule has 24 heavy (non-hydrogen) atoms. The molecule has 1 aliphatic carbocycles. The third kappa shape index (κ3) is 2.91. The van der Waals surface area contributed by atoms with Crippen molar-refractivity contribution >= 4 is 29.0 Å². The molecule has 0 saturated carbocycles. The molecule has 2 aromatic carbocycles. The Kier molecular flexibility index (Phi) is 4.23. The van der Waals surface area contributed by atoms with Crippen molar-refractivity contribution in [3.05, 3.63) is 53.1 Å². The van der Waals surface area contributed by atoms with Crippen LogP contribution in [0.15, 0.2) is 41.3 Å². The number of nitrogens with two attached hydrogens (primary N) is 1. The number of carbonyl (C=O) groups is 1. The van der Waals surface area contributed by atoms with Crippen molar-refractivity contribution in [3.63, 3.8) is 0 Å². The summed E-state index contributed by atoms with van der Waals surface area (Å²) >= 11 is 1.64. The van der Waals surface area contributed by atoms with Gasteiger partial charge < -0.3 is 10.6 Å². The highest BCUT2D eigenvalue weighted by Crippen LogP contribution is 2.33. The molecule has 0 unspecified atom stereocenters. The molecule has 1 aliphatic heterocycles. The Bertz CT molecular complexity index is 787. The van der Waals surface area contributed by atoms with E-state index >= 15 is 0 Å². The molecule has 2 aliphatic rings. The van der Waals surface area contributed by atoms with Gasteiger partial charge in [0, 0.05) is 22.8 Å². The van der Waals surface area contributed by atoms with Crippen LogP contribution in [-0.2, 0) is 24.1 Å². The lowest BCUT2D eigenvalue weighted by atomic mass is 10.00. The summed E-state index contributed by atoms with van der Waals surface area (Å²) in [5.74, 6) is 0.652. The Hall–Kier alpha value is -1.94. The molecule has 0 aromatic heterocycles. The Balaban J connectivity index is 1.47. The molecule has 3 nitrogen and oxygen atoms in total. The number of rotatable bonds is 3. The van der Waals surface area contributed by atoms with Gasteiger partial charge in [-0.2, -0.15) is 0 Å². The van der Waals surface area contributed by atoms with Gasteiger partial charge in [0.2, 0.25) is 5.91 Å². The zero-order chi connectivity index (χ0) is 16.5. The number of aryl methyl sites for hydroxylation is 2. The van der Waals surface area contributed by atoms with Crippen LogP contribution in [0.25, 0.3) is 0 Å². The third-order valence-corrected chi connectivity index (χ3v) is 6.00. The highest BCUT2D eigenvalue weighted by Gasteiger charge is 2.23. The van der Waals surface area contributed by atoms with Gasteiger partial charge in [-0.05, 0) is 73.1 Å². The van der Waals surface area contributed by atoms with E-state index in [9.17, 15) is 4.79 Å². The van der Waals surface area contributed by atoms with E-state index in [2.05, 4.69) is 18.2 Å². The Morgan fingerprint density at radius 1 is 1.08 bits per heavy atom. The van der Waals surface area contributed by atoms with Crippen LogP contribution in [0, 0.1) is 0 Å². The van der Waals surface area contributed by atoms with E-state index in [4.69, 9.17) is 5.73 Å². The number of hydrogen-bond acceptors (Lipinski definition) is 3. The van der Waals surface area contributed by atoms with E-state index in [0.29, 0.717) is 5.75 Å². The summed E-state index contributed by atoms with van der Waals surface area (Å²) in [4.78, 5) is 15.9. The monoisotopic (exact) mass is 338 g/mol. The average Bonchev–Trinajstić information content (AvgIpc) is 3.07. The van der Waals surface area contributed by atoms with Gasteiger partial charge in [-0.1, -0.05) is 12.1 Å². The molecular weight excluding hydrogens is 316 g/mol. The maximum atomic E-state index is 12.7. The molecule has 0 radical (unpaired) electrons. The Morgan fingerprint density at radius 2 is 1.96 bits per heavy atom. The van der Waals surface area contributed by atoms with Crippen LogP contribution in [0.2, 0.25) is 0 Å². The number of amides is 1. The molecule has 0 saturated heterocycles. The van der Waals surface area contributed by atoms with Gasteiger partial charge in [0.25, 0.3) is 0 Å². The Morgan fingerprint density at radius 3 is 2.88 bits per heavy atom. The lowest BCUT2D eigenvalue weighted by molar-refractivity contribution is -0.116. The first-order valence-electron chi connectivity index (χ1n) is 8.65. The average molecular weight is 338 g/mol. The minimum Gasteiger partial charge on any atom is -0.398 e. The molecule has 2 aromatic rings. The number of nitrogens with zero attached hydrogens (tertiary/aromatic N) is 1. The molecule has 4 heteroatoms. The van der Waals surface area contributed by atoms with Gasteiger partial charge in [0.05, 0.1) is 5.75 Å². The summed E-state index contributed by atoms with van der Waals surface area (Å²) in [5, 5.41) is 0. The van der Waals surface area contributed by atoms with Crippen molar-refractivity contribution in [2.24, 2.45) is 0 Å². The van der Waals surface area contributed by atoms with Crippen LogP contribution < -0.4 is 10.6 Å². The molecule has 1 amide bonds. The third-order valence-electron chi connectivity index (χ3n) is 5.02. The molecule has 0 atom stereocenters. The molecule has 0 fully saturated rings. The van der Waals surface area contributed by atoms with Gasteiger partial charge in [-0.25, -0.2) is 0 Å². The molecule has 2 N–H and O–H groups in total. The number of benzene rings is 2. The molecule has 1 heterocycles. The number of thioether (sulfide) groups is 1. The second-order valence-electron chi connectivity index (χ2n) is 6.57. The van der Waals surface area contributed by atoms with Gasteiger partial charge in [-0.3, -0.25) is 4.79 Å². The van der Waals surface area contributed by atoms with Crippen molar-refractivity contribution in [1.82, 2.24) is 0 Å². The number of hydrogen-bond donors (Lipinski definition) is 1. The lowest BCUT2D eigenvalue weighted by Crippen LogP contribution is -2.36. The summed E-state index contributed by atoms with van der Waals surface area (Å²) in [7, 11) is 0. The van der Waals surface area contributed by atoms with E-state index < -0.39 is 0 Å². The van der Waals surface area contributed by atoms with E-state index in [1.54, 1.807) is 11.8 Å². The quantitative estimate of drug-likeness (QED) is 0.683. The summed E-state index contributed by atoms with van der Waals surface area (Å²) < 4.78 is 0. The van der Waals surface area contributed by atoms with Gasteiger partial charge in [0.15, 0.2) is 0 Å². The summed E-state index contributed by atoms with van der Waals surface area (Å²) in [6, 6.07) is 12.5. The van der Waals surface area contributed by atoms with Crippen molar-refractivity contribution in [1.29, 1.82) is 0 Å². The molecule has 0 bridgehead atoms. The van der Waals surface area contributed by atoms with Crippen molar-refractivity contribution in [2.75, 3.05) is 22.9 Å². The normalized spacial score (nSPS) is 15.9. The number of anilines is 2. The van der Waals surface area contributed by atoms with E-state index in [1.165, 1.54) is 35.3 Å². The summed E-state index contributed by atoms with van der Waals surface area (Å²) in [5.41, 5.74) is 11.9. The summed E-state index contributed by atoms with van der Waals surface area (Å²) in [6.07, 6.45) is 5.58. The van der Waals surface area contributed by atoms with E-state index in [0.717, 1.165) is 36.3 Å². The van der Waals surface area contributed by atoms with Crippen LogP contribution in [0.5, 0.6) is 0 Å². The highest BCUT2D eigenvalue weighted by molar-refractivity contribution is 8.00. The first kappa shape index (κ1) is 15.6. The van der Waals surface area contributed by atoms with Crippen LogP contribution in [0.3, 0.4) is 0 Å². The van der Waals surface area contributed by atoms with E-state index in [-0.39, 0.29) is 5.91 Å². The first-order valence-corrected chi connectivity index (χ1v) is 9.63. The standard InChI is InChI=1S/C20H22N2OS/c21-18-7-2-8-19-17(18)6-3-11-22(19)20(23)13-24-16-10-9-14-4-1-5-15(14)12-16/h2,7-10,12H,1,3-6,11,13,21H2. The van der Waals surface area contributed by atoms with Crippen LogP contribution >= 0.6 is 11.8 Å². The first-order chi connectivity index (χ1) is 11.7. The molecule has 4 rings (SSSR count). The minimum absolute atomic E-state index is 0.173. The zero-order valence-corrected chi connectivity index (χ0v) is 14.6. The van der Waals surface area contributed by atoms with Crippen molar-refractivity contribution in [2.45, 2.75) is 37.0 Å². The maximum absolute atomic E-state index is 12.7. The molecule has 124 valence electrons. The fraction of sp³-hybridized carbons (Fsp3) is 0.350. The largest absolute Gasteiger partial charge is 0.398 e. The maximum Gasteiger partial charge on any atom is 0.237 e. The number of carbonyl (C=O) groups excluding carboxylic acids is 1. The van der Waals surface area contributed by atoms with Crippen LogP contribution in [0.4, 0.5) is 11.4 Å². The minimum atomic E-state index is 0.173. The predicted octanol–water partition coefficient (Wildman–Crippen LogP) is 3.83. The fourth-order valence-electron chi connectivity index (χ4n) is 3.77. The number of fused-ring (bicyclic) bond motifs is 2. The van der Waals surface area contributed by atoms with E-state index in [1.807, 2.05) is 23.1 Å². The predicted molar refractivity (Wildman–Crippen MR) is 101 cm³/mol. The van der Waals surface area contributed by atoms with Gasteiger partial charge in [0.1, 0.15) is 0 Å². The molecular formula is C20H22N2OS. The topological polar surface area (TPSA) is 46.3 Å². The van der Waals surface area contributed by atoms with Crippen molar-refractivity contribution < 1.29 is 4.79 Å². The zero-order valence-electron chi connectivity index (χ0n) is 13.8. The highest BCUT2D eigenvalue weighted by atomic mass is 32.2. The van der Waals surface area contributed by atoms with Gasteiger partial charge >= 0.3 is 0 Å². The second kappa shape index (κ2) is 6.52.